The van der Waals surface area contributed by atoms with E-state index >= 15 is 0 Å². The molecule has 0 fully saturated rings. The molecule has 1 unspecified atom stereocenters. The summed E-state index contributed by atoms with van der Waals surface area (Å²) >= 11 is 0. The summed E-state index contributed by atoms with van der Waals surface area (Å²) in [4.78, 5) is 11.1. The van der Waals surface area contributed by atoms with Crippen LogP contribution in [0.3, 0.4) is 0 Å². The van der Waals surface area contributed by atoms with Crippen LogP contribution in [-0.2, 0) is 4.79 Å². The summed E-state index contributed by atoms with van der Waals surface area (Å²) < 4.78 is 0. The Bertz CT molecular complexity index is 127. The van der Waals surface area contributed by atoms with Gasteiger partial charge in [-0.1, -0.05) is 26.3 Å². The summed E-state index contributed by atoms with van der Waals surface area (Å²) in [5, 5.41) is 0. The van der Waals surface area contributed by atoms with Crippen molar-refractivity contribution in [1.82, 2.24) is 0 Å². The lowest BCUT2D eigenvalue weighted by molar-refractivity contribution is -0.119. The summed E-state index contributed by atoms with van der Waals surface area (Å²) in [6.07, 6.45) is 5.14. The minimum Gasteiger partial charge on any atom is -0.300 e. The second kappa shape index (κ2) is 6.14. The third kappa shape index (κ3) is 5.84. The smallest absolute Gasteiger partial charge is 0.133 e. The van der Waals surface area contributed by atoms with Gasteiger partial charge in [-0.25, -0.2) is 0 Å². The molecule has 0 N–H and O–H groups in total. The van der Waals surface area contributed by atoms with Crippen molar-refractivity contribution in [2.45, 2.75) is 39.5 Å². The van der Waals surface area contributed by atoms with Crippen LogP contribution in [0.25, 0.3) is 0 Å². The number of allylic oxidation sites excluding steroid dienone is 1. The van der Waals surface area contributed by atoms with E-state index in [0.29, 0.717) is 18.1 Å². The lowest BCUT2D eigenvalue weighted by Crippen LogP contribution is -2.03. The topological polar surface area (TPSA) is 17.1 Å². The van der Waals surface area contributed by atoms with E-state index < -0.39 is 0 Å². The first kappa shape index (κ1) is 10.4. The van der Waals surface area contributed by atoms with Gasteiger partial charge in [-0.15, -0.1) is 6.58 Å². The fourth-order valence-electron chi connectivity index (χ4n) is 0.898. The Morgan fingerprint density at radius 1 is 1.64 bits per heavy atom. The van der Waals surface area contributed by atoms with Crippen molar-refractivity contribution in [3.05, 3.63) is 12.7 Å². The van der Waals surface area contributed by atoms with Crippen LogP contribution in [0.2, 0.25) is 0 Å². The molecule has 64 valence electrons. The van der Waals surface area contributed by atoms with Gasteiger partial charge in [0.1, 0.15) is 5.78 Å². The molecule has 0 aliphatic rings. The molecule has 0 saturated heterocycles. The normalized spacial score (nSPS) is 12.5. The molecule has 0 aromatic heterocycles. The van der Waals surface area contributed by atoms with Crippen molar-refractivity contribution >= 4 is 5.78 Å². The second-order valence-electron chi connectivity index (χ2n) is 3.08. The highest BCUT2D eigenvalue weighted by Crippen LogP contribution is 2.09. The number of Topliss-reactive ketones (excluding diaryl/α,β-unsaturated/α-hetero) is 1. The number of hydrogen-bond donors (Lipinski definition) is 0. The Morgan fingerprint density at radius 2 is 2.27 bits per heavy atom. The molecule has 0 amide bonds. The standard InChI is InChI=1S/C10H18O/c1-4-6-7-10(11)8-9(3)5-2/h4,9H,1,5-8H2,2-3H3. The highest BCUT2D eigenvalue weighted by Gasteiger charge is 2.05. The fraction of sp³-hybridized carbons (Fsp3) is 0.700. The Kier molecular flexibility index (Phi) is 5.81. The largest absolute Gasteiger partial charge is 0.300 e. The molecular weight excluding hydrogens is 136 g/mol. The quantitative estimate of drug-likeness (QED) is 0.537. The first-order valence-electron chi connectivity index (χ1n) is 4.33. The summed E-state index contributed by atoms with van der Waals surface area (Å²) in [6, 6.07) is 0. The number of rotatable bonds is 6. The van der Waals surface area contributed by atoms with Gasteiger partial charge in [0.2, 0.25) is 0 Å². The fourth-order valence-corrected chi connectivity index (χ4v) is 0.898. The predicted octanol–water partition coefficient (Wildman–Crippen LogP) is 2.96. The first-order valence-corrected chi connectivity index (χ1v) is 4.33. The van der Waals surface area contributed by atoms with E-state index in [-0.39, 0.29) is 0 Å². The van der Waals surface area contributed by atoms with Gasteiger partial charge in [-0.3, -0.25) is 4.79 Å². The number of carbonyl (C=O) groups excluding carboxylic acids is 1. The van der Waals surface area contributed by atoms with Crippen LogP contribution in [-0.4, -0.2) is 5.78 Å². The van der Waals surface area contributed by atoms with Gasteiger partial charge in [-0.2, -0.15) is 0 Å². The summed E-state index contributed by atoms with van der Waals surface area (Å²) in [5.41, 5.74) is 0. The van der Waals surface area contributed by atoms with Gasteiger partial charge in [0.15, 0.2) is 0 Å². The molecule has 0 aliphatic carbocycles. The maximum atomic E-state index is 11.1. The van der Waals surface area contributed by atoms with Gasteiger partial charge in [0.05, 0.1) is 0 Å². The average molecular weight is 154 g/mol. The molecule has 1 atom stereocenters. The average Bonchev–Trinajstić information content (AvgIpc) is 2.00. The van der Waals surface area contributed by atoms with Gasteiger partial charge >= 0.3 is 0 Å². The minimum absolute atomic E-state index is 0.374. The maximum absolute atomic E-state index is 11.1. The van der Waals surface area contributed by atoms with Crippen LogP contribution in [0.4, 0.5) is 0 Å². The third-order valence-corrected chi connectivity index (χ3v) is 1.90. The van der Waals surface area contributed by atoms with Crippen molar-refractivity contribution in [3.63, 3.8) is 0 Å². The van der Waals surface area contributed by atoms with Crippen molar-refractivity contribution in [2.24, 2.45) is 5.92 Å². The monoisotopic (exact) mass is 154 g/mol. The lowest BCUT2D eigenvalue weighted by Gasteiger charge is -2.05. The van der Waals surface area contributed by atoms with E-state index in [2.05, 4.69) is 20.4 Å². The Labute approximate surface area is 69.5 Å². The molecule has 0 bridgehead atoms. The molecule has 0 rings (SSSR count). The number of hydrogen-bond acceptors (Lipinski definition) is 1. The molecule has 0 heterocycles. The lowest BCUT2D eigenvalue weighted by atomic mass is 10.00. The zero-order chi connectivity index (χ0) is 8.69. The number of ketones is 1. The van der Waals surface area contributed by atoms with E-state index in [1.54, 1.807) is 6.08 Å². The van der Waals surface area contributed by atoms with Crippen molar-refractivity contribution in [2.75, 3.05) is 0 Å². The van der Waals surface area contributed by atoms with Crippen LogP contribution in [0.5, 0.6) is 0 Å². The molecule has 0 aromatic rings. The van der Waals surface area contributed by atoms with Crippen LogP contribution in [0.15, 0.2) is 12.7 Å². The van der Waals surface area contributed by atoms with Crippen LogP contribution in [0.1, 0.15) is 39.5 Å². The maximum Gasteiger partial charge on any atom is 0.133 e. The molecule has 0 spiro atoms. The van der Waals surface area contributed by atoms with Crippen molar-refractivity contribution in [3.8, 4) is 0 Å². The van der Waals surface area contributed by atoms with Crippen molar-refractivity contribution in [1.29, 1.82) is 0 Å². The molecule has 0 saturated carbocycles. The summed E-state index contributed by atoms with van der Waals surface area (Å²) in [6.45, 7) is 7.81. The van der Waals surface area contributed by atoms with Gasteiger partial charge in [0, 0.05) is 12.8 Å². The minimum atomic E-state index is 0.374. The summed E-state index contributed by atoms with van der Waals surface area (Å²) in [7, 11) is 0. The Balaban J connectivity index is 3.43. The first-order chi connectivity index (χ1) is 5.20. The Morgan fingerprint density at radius 3 is 2.73 bits per heavy atom. The number of carbonyl (C=O) groups is 1. The van der Waals surface area contributed by atoms with Crippen molar-refractivity contribution < 1.29 is 4.79 Å². The van der Waals surface area contributed by atoms with E-state index in [0.717, 1.165) is 19.3 Å². The van der Waals surface area contributed by atoms with Gasteiger partial charge < -0.3 is 0 Å². The van der Waals surface area contributed by atoms with Crippen LogP contribution in [0, 0.1) is 5.92 Å². The molecule has 11 heavy (non-hydrogen) atoms. The molecule has 1 nitrogen and oxygen atoms in total. The van der Waals surface area contributed by atoms with Crippen LogP contribution >= 0.6 is 0 Å². The zero-order valence-corrected chi connectivity index (χ0v) is 7.60. The zero-order valence-electron chi connectivity index (χ0n) is 7.60. The molecular formula is C10H18O. The van der Waals surface area contributed by atoms with Gasteiger partial charge in [-0.05, 0) is 12.3 Å². The highest BCUT2D eigenvalue weighted by molar-refractivity contribution is 5.78. The van der Waals surface area contributed by atoms with E-state index in [9.17, 15) is 4.79 Å². The summed E-state index contributed by atoms with van der Waals surface area (Å²) in [5.74, 6) is 0.923. The van der Waals surface area contributed by atoms with E-state index in [4.69, 9.17) is 0 Å². The third-order valence-electron chi connectivity index (χ3n) is 1.90. The molecule has 0 aliphatic heterocycles. The molecule has 0 radical (unpaired) electrons. The Hall–Kier alpha value is -0.590. The van der Waals surface area contributed by atoms with E-state index in [1.807, 2.05) is 0 Å². The SMILES string of the molecule is C=CCCC(=O)CC(C)CC. The van der Waals surface area contributed by atoms with E-state index in [1.165, 1.54) is 0 Å². The molecule has 1 heteroatoms. The molecule has 0 aromatic carbocycles. The highest BCUT2D eigenvalue weighted by atomic mass is 16.1. The van der Waals surface area contributed by atoms with Crippen LogP contribution < -0.4 is 0 Å². The predicted molar refractivity (Wildman–Crippen MR) is 48.5 cm³/mol. The second-order valence-corrected chi connectivity index (χ2v) is 3.08. The van der Waals surface area contributed by atoms with Gasteiger partial charge in [0.25, 0.3) is 0 Å².